The number of azide groups is 1. The van der Waals surface area contributed by atoms with Gasteiger partial charge in [-0.25, -0.2) is 0 Å². The standard InChI is InChI=1S/C6H2N6O7/c7-9-8-2-1-3(10(14)15)6(13)5(12(18)19)4(2)11(16)17/h1,13H. The van der Waals surface area contributed by atoms with Crippen molar-refractivity contribution in [1.82, 2.24) is 0 Å². The van der Waals surface area contributed by atoms with Gasteiger partial charge in [0.05, 0.1) is 14.8 Å². The molecule has 0 spiro atoms. The Balaban J connectivity index is 3.93. The second kappa shape index (κ2) is 4.80. The summed E-state index contributed by atoms with van der Waals surface area (Å²) in [6.45, 7) is 0. The predicted molar refractivity (Wildman–Crippen MR) is 56.9 cm³/mol. The van der Waals surface area contributed by atoms with Gasteiger partial charge in [-0.05, 0) is 5.53 Å². The Morgan fingerprint density at radius 2 is 1.63 bits per heavy atom. The molecule has 0 atom stereocenters. The third kappa shape index (κ3) is 2.29. The molecule has 13 heteroatoms. The lowest BCUT2D eigenvalue weighted by atomic mass is 10.2. The number of hydrogen-bond donors (Lipinski definition) is 1. The molecule has 1 aromatic carbocycles. The molecule has 0 aliphatic heterocycles. The zero-order valence-corrected chi connectivity index (χ0v) is 8.66. The van der Waals surface area contributed by atoms with Gasteiger partial charge in [-0.15, -0.1) is 0 Å². The summed E-state index contributed by atoms with van der Waals surface area (Å²) in [6, 6.07) is 0.375. The van der Waals surface area contributed by atoms with E-state index in [1.807, 2.05) is 0 Å². The van der Waals surface area contributed by atoms with Crippen LogP contribution in [-0.2, 0) is 0 Å². The monoisotopic (exact) mass is 270 g/mol. The van der Waals surface area contributed by atoms with Crippen LogP contribution in [0.25, 0.3) is 10.4 Å². The second-order valence-electron chi connectivity index (χ2n) is 2.92. The van der Waals surface area contributed by atoms with Crippen molar-refractivity contribution in [2.45, 2.75) is 0 Å². The quantitative estimate of drug-likeness (QED) is 0.283. The van der Waals surface area contributed by atoms with Gasteiger partial charge in [0.2, 0.25) is 0 Å². The van der Waals surface area contributed by atoms with Crippen molar-refractivity contribution in [3.8, 4) is 5.75 Å². The number of phenolic OH excluding ortho intramolecular Hbond substituents is 1. The third-order valence-electron chi connectivity index (χ3n) is 1.92. The van der Waals surface area contributed by atoms with Gasteiger partial charge in [-0.2, -0.15) is 0 Å². The molecule has 0 heterocycles. The Morgan fingerprint density at radius 3 is 2.00 bits per heavy atom. The van der Waals surface area contributed by atoms with Crippen molar-refractivity contribution in [3.05, 3.63) is 46.9 Å². The molecule has 0 saturated heterocycles. The minimum absolute atomic E-state index is 0.375. The average molecular weight is 270 g/mol. The fraction of sp³-hybridized carbons (Fsp3) is 0. The summed E-state index contributed by atoms with van der Waals surface area (Å²) in [7, 11) is 0. The first-order valence-electron chi connectivity index (χ1n) is 4.19. The van der Waals surface area contributed by atoms with Gasteiger partial charge in [0, 0.05) is 11.0 Å². The molecular weight excluding hydrogens is 268 g/mol. The van der Waals surface area contributed by atoms with E-state index < -0.39 is 43.3 Å². The highest BCUT2D eigenvalue weighted by Crippen LogP contribution is 2.48. The maximum Gasteiger partial charge on any atom is 0.394 e. The fourth-order valence-electron chi connectivity index (χ4n) is 1.24. The minimum Gasteiger partial charge on any atom is -0.497 e. The molecule has 1 N–H and O–H groups in total. The smallest absolute Gasteiger partial charge is 0.394 e. The second-order valence-corrected chi connectivity index (χ2v) is 2.92. The zero-order valence-electron chi connectivity index (χ0n) is 8.66. The molecule has 0 unspecified atom stereocenters. The molecule has 0 aromatic heterocycles. The van der Waals surface area contributed by atoms with Crippen LogP contribution in [-0.4, -0.2) is 19.9 Å². The van der Waals surface area contributed by atoms with Crippen LogP contribution in [0.5, 0.6) is 5.75 Å². The summed E-state index contributed by atoms with van der Waals surface area (Å²) in [6.07, 6.45) is 0. The van der Waals surface area contributed by atoms with Crippen molar-refractivity contribution >= 4 is 22.7 Å². The van der Waals surface area contributed by atoms with E-state index in [0.717, 1.165) is 0 Å². The normalized spacial score (nSPS) is 9.47. The molecule has 1 aromatic rings. The van der Waals surface area contributed by atoms with Crippen molar-refractivity contribution in [2.24, 2.45) is 5.11 Å². The molecule has 0 radical (unpaired) electrons. The van der Waals surface area contributed by atoms with E-state index in [1.54, 1.807) is 0 Å². The molecule has 0 amide bonds. The van der Waals surface area contributed by atoms with Crippen molar-refractivity contribution in [3.63, 3.8) is 0 Å². The lowest BCUT2D eigenvalue weighted by molar-refractivity contribution is -0.424. The highest BCUT2D eigenvalue weighted by Gasteiger charge is 2.38. The molecule has 0 fully saturated rings. The van der Waals surface area contributed by atoms with Crippen LogP contribution in [0, 0.1) is 30.3 Å². The first-order valence-corrected chi connectivity index (χ1v) is 4.19. The molecule has 19 heavy (non-hydrogen) atoms. The Bertz CT molecular complexity index is 648. The Morgan fingerprint density at radius 1 is 1.11 bits per heavy atom. The molecule has 13 nitrogen and oxygen atoms in total. The van der Waals surface area contributed by atoms with Crippen LogP contribution in [0.15, 0.2) is 11.2 Å². The van der Waals surface area contributed by atoms with Crippen molar-refractivity contribution in [2.75, 3.05) is 0 Å². The summed E-state index contributed by atoms with van der Waals surface area (Å²) in [4.78, 5) is 30.2. The Hall–Kier alpha value is -3.47. The van der Waals surface area contributed by atoms with E-state index in [2.05, 4.69) is 10.0 Å². The van der Waals surface area contributed by atoms with Crippen LogP contribution in [0.1, 0.15) is 0 Å². The number of rotatable bonds is 4. The highest BCUT2D eigenvalue weighted by molar-refractivity contribution is 5.79. The minimum atomic E-state index is -1.51. The summed E-state index contributed by atoms with van der Waals surface area (Å²) in [5, 5.41) is 44.0. The number of nitrogens with zero attached hydrogens (tertiary/aromatic N) is 6. The Kier molecular flexibility index (Phi) is 3.44. The summed E-state index contributed by atoms with van der Waals surface area (Å²) >= 11 is 0. The fourth-order valence-corrected chi connectivity index (χ4v) is 1.24. The van der Waals surface area contributed by atoms with Crippen LogP contribution in [0.2, 0.25) is 0 Å². The van der Waals surface area contributed by atoms with E-state index in [9.17, 15) is 35.4 Å². The van der Waals surface area contributed by atoms with Crippen molar-refractivity contribution in [1.29, 1.82) is 0 Å². The lowest BCUT2D eigenvalue weighted by Gasteiger charge is -2.01. The van der Waals surface area contributed by atoms with Gasteiger partial charge in [0.1, 0.15) is 5.69 Å². The molecular formula is C6H2N6O7. The van der Waals surface area contributed by atoms with Crippen LogP contribution in [0.4, 0.5) is 22.7 Å². The lowest BCUT2D eigenvalue weighted by Crippen LogP contribution is -2.00. The van der Waals surface area contributed by atoms with Crippen molar-refractivity contribution < 1.29 is 19.9 Å². The Labute approximate surface area is 101 Å². The van der Waals surface area contributed by atoms with E-state index in [1.165, 1.54) is 0 Å². The maximum atomic E-state index is 10.7. The molecule has 0 aliphatic rings. The SMILES string of the molecule is [N-]=[N+]=Nc1cc([N+](=O)[O-])c(O)c([N+](=O)[O-])c1[N+](=O)[O-]. The molecule has 1 rings (SSSR count). The predicted octanol–water partition coefficient (Wildman–Crippen LogP) is 2.06. The van der Waals surface area contributed by atoms with Gasteiger partial charge in [-0.1, -0.05) is 5.11 Å². The van der Waals surface area contributed by atoms with Gasteiger partial charge in [0.15, 0.2) is 0 Å². The third-order valence-corrected chi connectivity index (χ3v) is 1.92. The number of phenols is 1. The molecule has 0 bridgehead atoms. The van der Waals surface area contributed by atoms with E-state index >= 15 is 0 Å². The van der Waals surface area contributed by atoms with Crippen LogP contribution >= 0.6 is 0 Å². The van der Waals surface area contributed by atoms with E-state index in [-0.39, 0.29) is 0 Å². The maximum absolute atomic E-state index is 10.7. The summed E-state index contributed by atoms with van der Waals surface area (Å²) in [5.41, 5.74) is 3.23. The molecule has 0 saturated carbocycles. The highest BCUT2D eigenvalue weighted by atomic mass is 16.6. The first-order chi connectivity index (χ1) is 8.81. The van der Waals surface area contributed by atoms with Gasteiger partial charge < -0.3 is 5.11 Å². The summed E-state index contributed by atoms with van der Waals surface area (Å²) in [5.74, 6) is -1.49. The van der Waals surface area contributed by atoms with E-state index in [0.29, 0.717) is 6.07 Å². The van der Waals surface area contributed by atoms with Crippen LogP contribution < -0.4 is 0 Å². The van der Waals surface area contributed by atoms with Gasteiger partial charge in [0.25, 0.3) is 5.75 Å². The number of nitro benzene ring substituents is 3. The topological polar surface area (TPSA) is 198 Å². The number of hydrogen-bond acceptors (Lipinski definition) is 8. The number of benzene rings is 1. The first kappa shape index (κ1) is 13.6. The number of nitro groups is 3. The van der Waals surface area contributed by atoms with Gasteiger partial charge >= 0.3 is 17.1 Å². The zero-order chi connectivity index (χ0) is 14.7. The largest absolute Gasteiger partial charge is 0.497 e. The average Bonchev–Trinajstić information content (AvgIpc) is 2.29. The van der Waals surface area contributed by atoms with E-state index in [4.69, 9.17) is 5.53 Å². The molecule has 0 aliphatic carbocycles. The molecule has 98 valence electrons. The van der Waals surface area contributed by atoms with Crippen LogP contribution in [0.3, 0.4) is 0 Å². The number of aromatic hydroxyl groups is 1. The van der Waals surface area contributed by atoms with Gasteiger partial charge in [-0.3, -0.25) is 30.3 Å². The summed E-state index contributed by atoms with van der Waals surface area (Å²) < 4.78 is 0.